The smallest absolute Gasteiger partial charge is 0.356 e. The van der Waals surface area contributed by atoms with Crippen molar-refractivity contribution in [1.29, 1.82) is 0 Å². The molecule has 0 N–H and O–H groups in total. The summed E-state index contributed by atoms with van der Waals surface area (Å²) in [6.45, 7) is 2.11. The molecule has 0 amide bonds. The zero-order valence-corrected chi connectivity index (χ0v) is 16.4. The number of pyridine rings is 1. The van der Waals surface area contributed by atoms with Gasteiger partial charge in [-0.1, -0.05) is 13.3 Å². The zero-order valence-electron chi connectivity index (χ0n) is 16.4. The number of esters is 1. The predicted octanol–water partition coefficient (Wildman–Crippen LogP) is 3.81. The summed E-state index contributed by atoms with van der Waals surface area (Å²) < 4.78 is 24.8. The van der Waals surface area contributed by atoms with Crippen LogP contribution < -0.4 is 4.74 Å². The van der Waals surface area contributed by atoms with Gasteiger partial charge in [0.25, 0.3) is 0 Å². The highest BCUT2D eigenvalue weighted by Gasteiger charge is 2.36. The van der Waals surface area contributed by atoms with Gasteiger partial charge in [-0.05, 0) is 53.6 Å². The van der Waals surface area contributed by atoms with E-state index in [1.807, 2.05) is 0 Å². The lowest BCUT2D eigenvalue weighted by molar-refractivity contribution is -0.117. The number of carbonyl (C=O) groups is 2. The second kappa shape index (κ2) is 8.09. The average Bonchev–Trinajstić information content (AvgIpc) is 2.66. The SMILES string of the molecule is COC(=O)c1cc(CC(=O)Cc2cc(OC)c(C3(C)CCC3)cc2F)ccn1. The van der Waals surface area contributed by atoms with E-state index in [1.54, 1.807) is 19.2 Å². The Morgan fingerprint density at radius 3 is 2.54 bits per heavy atom. The van der Waals surface area contributed by atoms with E-state index in [1.165, 1.54) is 25.4 Å². The van der Waals surface area contributed by atoms with E-state index in [2.05, 4.69) is 16.6 Å². The largest absolute Gasteiger partial charge is 0.496 e. The summed E-state index contributed by atoms with van der Waals surface area (Å²) in [5, 5.41) is 0. The Morgan fingerprint density at radius 1 is 1.18 bits per heavy atom. The lowest BCUT2D eigenvalue weighted by atomic mass is 9.65. The van der Waals surface area contributed by atoms with Crippen LogP contribution in [0.25, 0.3) is 0 Å². The highest BCUT2D eigenvalue weighted by atomic mass is 19.1. The lowest BCUT2D eigenvalue weighted by Gasteiger charge is -2.39. The Balaban J connectivity index is 1.76. The van der Waals surface area contributed by atoms with E-state index < -0.39 is 5.97 Å². The van der Waals surface area contributed by atoms with Gasteiger partial charge in [0, 0.05) is 24.6 Å². The Morgan fingerprint density at radius 2 is 1.93 bits per heavy atom. The van der Waals surface area contributed by atoms with Crippen molar-refractivity contribution in [3.05, 3.63) is 58.7 Å². The highest BCUT2D eigenvalue weighted by molar-refractivity contribution is 5.88. The molecule has 1 saturated carbocycles. The summed E-state index contributed by atoms with van der Waals surface area (Å²) in [5.74, 6) is -0.485. The molecule has 0 saturated heterocycles. The van der Waals surface area contributed by atoms with E-state index >= 15 is 0 Å². The van der Waals surface area contributed by atoms with Gasteiger partial charge in [-0.2, -0.15) is 0 Å². The topological polar surface area (TPSA) is 65.5 Å². The van der Waals surface area contributed by atoms with Crippen molar-refractivity contribution in [1.82, 2.24) is 4.98 Å². The fourth-order valence-corrected chi connectivity index (χ4v) is 3.65. The van der Waals surface area contributed by atoms with Gasteiger partial charge < -0.3 is 9.47 Å². The minimum absolute atomic E-state index is 0.0466. The second-order valence-corrected chi connectivity index (χ2v) is 7.49. The predicted molar refractivity (Wildman–Crippen MR) is 102 cm³/mol. The van der Waals surface area contributed by atoms with Crippen molar-refractivity contribution in [2.75, 3.05) is 14.2 Å². The van der Waals surface area contributed by atoms with E-state index in [0.717, 1.165) is 24.8 Å². The van der Waals surface area contributed by atoms with Crippen molar-refractivity contribution in [3.8, 4) is 5.75 Å². The fraction of sp³-hybridized carbons (Fsp3) is 0.409. The first kappa shape index (κ1) is 20.0. The van der Waals surface area contributed by atoms with Crippen molar-refractivity contribution < 1.29 is 23.5 Å². The number of rotatable bonds is 7. The van der Waals surface area contributed by atoms with Crippen LogP contribution in [-0.4, -0.2) is 31.0 Å². The number of benzene rings is 1. The normalized spacial score (nSPS) is 14.9. The van der Waals surface area contributed by atoms with Crippen LogP contribution in [0.5, 0.6) is 5.75 Å². The maximum absolute atomic E-state index is 14.7. The Hall–Kier alpha value is -2.76. The highest BCUT2D eigenvalue weighted by Crippen LogP contribution is 2.47. The molecular weight excluding hydrogens is 361 g/mol. The molecule has 0 spiro atoms. The Kier molecular flexibility index (Phi) is 5.77. The number of halogens is 1. The molecule has 1 aliphatic rings. The van der Waals surface area contributed by atoms with Gasteiger partial charge in [-0.25, -0.2) is 14.2 Å². The molecule has 0 aliphatic heterocycles. The summed E-state index contributed by atoms with van der Waals surface area (Å²) >= 11 is 0. The number of hydrogen-bond donors (Lipinski definition) is 0. The monoisotopic (exact) mass is 385 g/mol. The van der Waals surface area contributed by atoms with E-state index in [4.69, 9.17) is 4.74 Å². The van der Waals surface area contributed by atoms with Crippen molar-refractivity contribution in [2.45, 2.75) is 44.4 Å². The molecule has 28 heavy (non-hydrogen) atoms. The molecule has 0 bridgehead atoms. The minimum atomic E-state index is -0.565. The van der Waals surface area contributed by atoms with Gasteiger partial charge >= 0.3 is 5.97 Å². The molecule has 1 heterocycles. The van der Waals surface area contributed by atoms with Crippen LogP contribution in [0.2, 0.25) is 0 Å². The summed E-state index contributed by atoms with van der Waals surface area (Å²) in [7, 11) is 2.83. The molecule has 2 aromatic rings. The van der Waals surface area contributed by atoms with Gasteiger partial charge in [0.2, 0.25) is 0 Å². The van der Waals surface area contributed by atoms with Gasteiger partial charge in [0.1, 0.15) is 23.0 Å². The Bertz CT molecular complexity index is 905. The van der Waals surface area contributed by atoms with Gasteiger partial charge in [-0.3, -0.25) is 4.79 Å². The molecule has 1 aromatic carbocycles. The first-order valence-corrected chi connectivity index (χ1v) is 9.28. The van der Waals surface area contributed by atoms with Crippen LogP contribution in [0.4, 0.5) is 4.39 Å². The third-order valence-corrected chi connectivity index (χ3v) is 5.48. The average molecular weight is 385 g/mol. The number of carbonyl (C=O) groups excluding carboxylic acids is 2. The first-order valence-electron chi connectivity index (χ1n) is 9.28. The molecule has 6 heteroatoms. The quantitative estimate of drug-likeness (QED) is 0.678. The maximum Gasteiger partial charge on any atom is 0.356 e. The molecule has 5 nitrogen and oxygen atoms in total. The van der Waals surface area contributed by atoms with E-state index in [-0.39, 0.29) is 35.6 Å². The standard InChI is InChI=1S/C22H24FNO4/c1-22(6-4-7-22)17-13-18(23)15(12-20(17)27-2)11-16(25)9-14-5-8-24-19(10-14)21(26)28-3/h5,8,10,12-13H,4,6-7,9,11H2,1-3H3. The van der Waals surface area contributed by atoms with Gasteiger partial charge in [0.05, 0.1) is 14.2 Å². The summed E-state index contributed by atoms with van der Waals surface area (Å²) in [6, 6.07) is 6.32. The molecular formula is C22H24FNO4. The van der Waals surface area contributed by atoms with E-state index in [0.29, 0.717) is 16.9 Å². The zero-order chi connectivity index (χ0) is 20.3. The lowest BCUT2D eigenvalue weighted by Crippen LogP contribution is -2.31. The first-order chi connectivity index (χ1) is 13.4. The maximum atomic E-state index is 14.7. The molecule has 1 aliphatic carbocycles. The molecule has 0 unspecified atom stereocenters. The number of aromatic nitrogens is 1. The van der Waals surface area contributed by atoms with Gasteiger partial charge in [-0.15, -0.1) is 0 Å². The summed E-state index contributed by atoms with van der Waals surface area (Å²) in [5.41, 5.74) is 1.89. The van der Waals surface area contributed by atoms with Crippen LogP contribution >= 0.6 is 0 Å². The summed E-state index contributed by atoms with van der Waals surface area (Å²) in [4.78, 5) is 28.0. The molecule has 148 valence electrons. The van der Waals surface area contributed by atoms with Crippen LogP contribution in [-0.2, 0) is 27.8 Å². The third kappa shape index (κ3) is 4.06. The van der Waals surface area contributed by atoms with Crippen LogP contribution in [0.3, 0.4) is 0 Å². The molecule has 0 atom stereocenters. The minimum Gasteiger partial charge on any atom is -0.496 e. The number of hydrogen-bond acceptors (Lipinski definition) is 5. The van der Waals surface area contributed by atoms with Crippen molar-refractivity contribution in [2.24, 2.45) is 0 Å². The van der Waals surface area contributed by atoms with Crippen LogP contribution in [0.1, 0.15) is 53.4 Å². The second-order valence-electron chi connectivity index (χ2n) is 7.49. The number of nitrogens with zero attached hydrogens (tertiary/aromatic N) is 1. The molecule has 0 radical (unpaired) electrons. The van der Waals surface area contributed by atoms with Crippen LogP contribution in [0.15, 0.2) is 30.5 Å². The van der Waals surface area contributed by atoms with Crippen LogP contribution in [0, 0.1) is 5.82 Å². The number of ether oxygens (including phenoxy) is 2. The molecule has 1 fully saturated rings. The summed E-state index contributed by atoms with van der Waals surface area (Å²) in [6.07, 6.45) is 4.62. The van der Waals surface area contributed by atoms with Crippen molar-refractivity contribution in [3.63, 3.8) is 0 Å². The number of ketones is 1. The Labute approximate surface area is 163 Å². The number of methoxy groups -OCH3 is 2. The van der Waals surface area contributed by atoms with Gasteiger partial charge in [0.15, 0.2) is 0 Å². The molecule has 1 aromatic heterocycles. The van der Waals surface area contributed by atoms with Crippen molar-refractivity contribution >= 4 is 11.8 Å². The number of Topliss-reactive ketones (excluding diaryl/α,β-unsaturated/α-hetero) is 1. The molecule has 3 rings (SSSR count). The third-order valence-electron chi connectivity index (χ3n) is 5.48. The fourth-order valence-electron chi connectivity index (χ4n) is 3.65. The van der Waals surface area contributed by atoms with E-state index in [9.17, 15) is 14.0 Å².